The Kier molecular flexibility index (Phi) is 5.43. The first kappa shape index (κ1) is 18.0. The van der Waals surface area contributed by atoms with E-state index < -0.39 is 36.0 Å². The van der Waals surface area contributed by atoms with Crippen molar-refractivity contribution in [2.24, 2.45) is 17.6 Å². The minimum atomic E-state index is -1.51. The van der Waals surface area contributed by atoms with Gasteiger partial charge < -0.3 is 30.4 Å². The fraction of sp³-hybridized carbons (Fsp3) is 0.583. The van der Waals surface area contributed by atoms with Gasteiger partial charge in [-0.2, -0.15) is 0 Å². The summed E-state index contributed by atoms with van der Waals surface area (Å²) in [5, 5.41) is 20.8. The second-order valence-electron chi connectivity index (χ2n) is 5.02. The van der Waals surface area contributed by atoms with Gasteiger partial charge in [-0.15, -0.1) is 0 Å². The van der Waals surface area contributed by atoms with E-state index in [9.17, 15) is 24.6 Å². The maximum absolute atomic E-state index is 11.9. The van der Waals surface area contributed by atoms with Crippen molar-refractivity contribution in [1.82, 2.24) is 4.90 Å². The Bertz CT molecular complexity index is 518. The van der Waals surface area contributed by atoms with Crippen LogP contribution in [0.3, 0.4) is 0 Å². The number of aliphatic hydroxyl groups excluding tert-OH is 1. The van der Waals surface area contributed by atoms with E-state index in [0.29, 0.717) is 0 Å². The van der Waals surface area contributed by atoms with Crippen molar-refractivity contribution in [2.45, 2.75) is 26.0 Å². The van der Waals surface area contributed by atoms with Gasteiger partial charge in [0, 0.05) is 5.92 Å². The first-order valence-electron chi connectivity index (χ1n) is 6.15. The normalized spacial score (nSPS) is 28.4. The van der Waals surface area contributed by atoms with Crippen molar-refractivity contribution < 1.29 is 58.9 Å². The third kappa shape index (κ3) is 2.80. The third-order valence-corrected chi connectivity index (χ3v) is 3.88. The molecule has 110 valence electrons. The molecule has 3 N–H and O–H groups in total. The van der Waals surface area contributed by atoms with E-state index in [1.54, 1.807) is 6.92 Å². The average Bonchev–Trinajstić information content (AvgIpc) is 2.56. The second kappa shape index (κ2) is 6.35. The summed E-state index contributed by atoms with van der Waals surface area (Å²) in [4.78, 5) is 34.9. The number of aliphatic hydroxyl groups is 1. The molecule has 21 heavy (non-hydrogen) atoms. The van der Waals surface area contributed by atoms with Crippen LogP contribution in [-0.4, -0.2) is 46.7 Å². The topological polar surface area (TPSA) is 133 Å². The Morgan fingerprint density at radius 3 is 2.52 bits per heavy atom. The van der Waals surface area contributed by atoms with E-state index in [0.717, 1.165) is 4.90 Å². The maximum Gasteiger partial charge on any atom is 1.00 e. The summed E-state index contributed by atoms with van der Waals surface area (Å²) in [6.45, 7) is 2.87. The average molecular weight is 306 g/mol. The van der Waals surface area contributed by atoms with E-state index in [1.165, 1.54) is 6.92 Å². The number of hydrogen-bond acceptors (Lipinski definition) is 6. The molecule has 8 nitrogen and oxygen atoms in total. The molecular weight excluding hydrogens is 291 g/mol. The monoisotopic (exact) mass is 306 g/mol. The van der Waals surface area contributed by atoms with Crippen molar-refractivity contribution in [3.8, 4) is 0 Å². The SMILES string of the molecule is C[C@@H](O)[C@H]1C(=O)N2C(C(=O)[O-])=C(COC(N)=O)[C@H](C)[C@H]12.[Na+]. The van der Waals surface area contributed by atoms with E-state index in [-0.39, 0.29) is 53.4 Å². The molecule has 2 aliphatic rings. The van der Waals surface area contributed by atoms with Crippen LogP contribution in [0.5, 0.6) is 0 Å². The molecule has 0 unspecified atom stereocenters. The number of fused-ring (bicyclic) bond motifs is 1. The quantitative estimate of drug-likeness (QED) is 0.394. The predicted octanol–water partition coefficient (Wildman–Crippen LogP) is -5.05. The van der Waals surface area contributed by atoms with Crippen LogP contribution in [-0.2, 0) is 14.3 Å². The molecule has 2 aliphatic heterocycles. The largest absolute Gasteiger partial charge is 1.00 e. The first-order chi connectivity index (χ1) is 9.27. The number of hydrogen-bond donors (Lipinski definition) is 2. The predicted molar refractivity (Wildman–Crippen MR) is 62.5 cm³/mol. The number of carboxylic acid groups (broad SMARTS) is 1. The summed E-state index contributed by atoms with van der Waals surface area (Å²) in [5.41, 5.74) is 4.84. The Hall–Kier alpha value is -1.09. The molecule has 0 bridgehead atoms. The molecule has 2 amide bonds. The number of ether oxygens (including phenoxy) is 1. The number of carbonyl (C=O) groups is 3. The van der Waals surface area contributed by atoms with Crippen LogP contribution in [0.15, 0.2) is 11.3 Å². The number of amides is 2. The molecule has 1 saturated heterocycles. The van der Waals surface area contributed by atoms with Crippen molar-refractivity contribution in [3.63, 3.8) is 0 Å². The summed E-state index contributed by atoms with van der Waals surface area (Å²) in [5.74, 6) is -3.00. The molecule has 2 rings (SSSR count). The molecule has 0 aliphatic carbocycles. The summed E-state index contributed by atoms with van der Waals surface area (Å²) >= 11 is 0. The van der Waals surface area contributed by atoms with Crippen molar-refractivity contribution in [1.29, 1.82) is 0 Å². The van der Waals surface area contributed by atoms with Gasteiger partial charge in [-0.3, -0.25) is 4.79 Å². The Balaban J connectivity index is 0.00000220. The molecule has 0 spiro atoms. The van der Waals surface area contributed by atoms with Gasteiger partial charge in [-0.1, -0.05) is 6.92 Å². The van der Waals surface area contributed by atoms with Crippen molar-refractivity contribution in [2.75, 3.05) is 6.61 Å². The molecule has 2 heterocycles. The van der Waals surface area contributed by atoms with Gasteiger partial charge >= 0.3 is 35.7 Å². The number of carboxylic acids is 1. The van der Waals surface area contributed by atoms with Crippen molar-refractivity contribution in [3.05, 3.63) is 11.3 Å². The van der Waals surface area contributed by atoms with Gasteiger partial charge in [-0.25, -0.2) is 4.79 Å². The first-order valence-corrected chi connectivity index (χ1v) is 6.15. The molecule has 0 aromatic rings. The van der Waals surface area contributed by atoms with Gasteiger partial charge in [0.15, 0.2) is 0 Å². The minimum absolute atomic E-state index is 0. The smallest absolute Gasteiger partial charge is 0.543 e. The van der Waals surface area contributed by atoms with Crippen molar-refractivity contribution >= 4 is 18.0 Å². The van der Waals surface area contributed by atoms with Crippen LogP contribution in [0.4, 0.5) is 4.79 Å². The summed E-state index contributed by atoms with van der Waals surface area (Å²) in [7, 11) is 0. The Morgan fingerprint density at radius 2 is 2.10 bits per heavy atom. The second-order valence-corrected chi connectivity index (χ2v) is 5.02. The molecule has 0 saturated carbocycles. The van der Waals surface area contributed by atoms with E-state index in [4.69, 9.17) is 5.73 Å². The van der Waals surface area contributed by atoms with E-state index >= 15 is 0 Å². The van der Waals surface area contributed by atoms with Gasteiger partial charge in [0.2, 0.25) is 5.91 Å². The summed E-state index contributed by atoms with van der Waals surface area (Å²) in [6.07, 6.45) is -1.92. The Labute approximate surface area is 143 Å². The molecular formula is C12H15N2NaO6. The van der Waals surface area contributed by atoms with Crippen LogP contribution >= 0.6 is 0 Å². The summed E-state index contributed by atoms with van der Waals surface area (Å²) in [6, 6.07) is -0.457. The summed E-state index contributed by atoms with van der Waals surface area (Å²) < 4.78 is 4.62. The molecule has 1 fully saturated rings. The fourth-order valence-electron chi connectivity index (χ4n) is 2.97. The molecule has 0 aromatic heterocycles. The van der Waals surface area contributed by atoms with Gasteiger partial charge in [-0.05, 0) is 12.5 Å². The standard InChI is InChI=1S/C12H16N2O6.Na/c1-4-6(3-20-12(13)19)9(11(17)18)14-8(4)7(5(2)15)10(14)16;/h4-5,7-8,15H,3H2,1-2H3,(H2,13,19)(H,17,18);/q;+1/p-1/t4-,5+,7+,8+;/m0./s1. The van der Waals surface area contributed by atoms with Gasteiger partial charge in [0.05, 0.1) is 29.7 Å². The van der Waals surface area contributed by atoms with E-state index in [2.05, 4.69) is 4.74 Å². The van der Waals surface area contributed by atoms with Crippen LogP contribution in [0, 0.1) is 11.8 Å². The number of nitrogens with two attached hydrogens (primary N) is 1. The van der Waals surface area contributed by atoms with Crippen LogP contribution in [0.25, 0.3) is 0 Å². The number of rotatable bonds is 4. The van der Waals surface area contributed by atoms with Gasteiger partial charge in [0.1, 0.15) is 6.61 Å². The minimum Gasteiger partial charge on any atom is -0.543 e. The molecule has 9 heteroatoms. The zero-order valence-electron chi connectivity index (χ0n) is 12.0. The molecule has 0 aromatic carbocycles. The fourth-order valence-corrected chi connectivity index (χ4v) is 2.97. The molecule has 4 atom stereocenters. The number of carbonyl (C=O) groups excluding carboxylic acids is 3. The third-order valence-electron chi connectivity index (χ3n) is 3.88. The van der Waals surface area contributed by atoms with Gasteiger partial charge in [0.25, 0.3) is 0 Å². The number of aliphatic carboxylic acids is 1. The maximum atomic E-state index is 11.9. The van der Waals surface area contributed by atoms with Crippen LogP contribution in [0.2, 0.25) is 0 Å². The Morgan fingerprint density at radius 1 is 1.52 bits per heavy atom. The van der Waals surface area contributed by atoms with Crippen LogP contribution in [0.1, 0.15) is 13.8 Å². The molecule has 0 radical (unpaired) electrons. The number of primary amides is 1. The number of β-lactam (4-membered cyclic amide) rings is 1. The number of nitrogens with zero attached hydrogens (tertiary/aromatic N) is 1. The van der Waals surface area contributed by atoms with Crippen LogP contribution < -0.4 is 40.4 Å². The zero-order valence-corrected chi connectivity index (χ0v) is 14.0. The van der Waals surface area contributed by atoms with E-state index in [1.807, 2.05) is 0 Å². The zero-order chi connectivity index (χ0) is 15.2.